The van der Waals surface area contributed by atoms with Gasteiger partial charge in [-0.15, -0.1) is 0 Å². The van der Waals surface area contributed by atoms with Gasteiger partial charge in [-0.25, -0.2) is 9.97 Å². The van der Waals surface area contributed by atoms with Crippen LogP contribution in [0.2, 0.25) is 0 Å². The van der Waals surface area contributed by atoms with Gasteiger partial charge in [0, 0.05) is 18.9 Å². The minimum atomic E-state index is 0.500. The summed E-state index contributed by atoms with van der Waals surface area (Å²) < 4.78 is 0. The van der Waals surface area contributed by atoms with Crippen LogP contribution in [0.4, 0.5) is 17.2 Å². The summed E-state index contributed by atoms with van der Waals surface area (Å²) in [5, 5.41) is 3.32. The third-order valence-corrected chi connectivity index (χ3v) is 3.77. The van der Waals surface area contributed by atoms with E-state index in [0.717, 1.165) is 36.1 Å². The molecule has 1 aliphatic rings. The zero-order chi connectivity index (χ0) is 14.9. The molecule has 6 heteroatoms. The molecule has 0 bridgehead atoms. The van der Waals surface area contributed by atoms with E-state index in [2.05, 4.69) is 49.4 Å². The number of imidazole rings is 1. The van der Waals surface area contributed by atoms with Gasteiger partial charge in [0.1, 0.15) is 17.2 Å². The van der Waals surface area contributed by atoms with Crippen molar-refractivity contribution in [3.05, 3.63) is 54.4 Å². The summed E-state index contributed by atoms with van der Waals surface area (Å²) in [6.45, 7) is 1.54. The summed E-state index contributed by atoms with van der Waals surface area (Å²) in [5.74, 6) is 1.22. The predicted molar refractivity (Wildman–Crippen MR) is 87.3 cm³/mol. The number of hydrogen-bond donors (Lipinski definition) is 3. The SMILES string of the molecule is Nc1nc(-c2ncc[nH]2)cc2c1NCN2Cc1ccccc1. The Balaban J connectivity index is 1.71. The van der Waals surface area contributed by atoms with E-state index < -0.39 is 0 Å². The number of pyridine rings is 1. The minimum absolute atomic E-state index is 0.500. The summed E-state index contributed by atoms with van der Waals surface area (Å²) in [6.07, 6.45) is 3.49. The van der Waals surface area contributed by atoms with Crippen LogP contribution < -0.4 is 16.0 Å². The maximum Gasteiger partial charge on any atom is 0.156 e. The maximum absolute atomic E-state index is 6.09. The van der Waals surface area contributed by atoms with Crippen molar-refractivity contribution in [1.82, 2.24) is 15.0 Å². The van der Waals surface area contributed by atoms with Crippen molar-refractivity contribution in [2.45, 2.75) is 6.54 Å². The molecular formula is C16H16N6. The number of benzene rings is 1. The fraction of sp³-hybridized carbons (Fsp3) is 0.125. The third kappa shape index (κ3) is 2.14. The minimum Gasteiger partial charge on any atom is -0.382 e. The van der Waals surface area contributed by atoms with Gasteiger partial charge >= 0.3 is 0 Å². The lowest BCUT2D eigenvalue weighted by molar-refractivity contribution is 0.872. The second-order valence-corrected chi connectivity index (χ2v) is 5.24. The summed E-state index contributed by atoms with van der Waals surface area (Å²) in [6, 6.07) is 12.4. The van der Waals surface area contributed by atoms with Crippen molar-refractivity contribution < 1.29 is 0 Å². The molecule has 1 aliphatic heterocycles. The number of nitrogens with two attached hydrogens (primary N) is 1. The first-order chi connectivity index (χ1) is 10.8. The smallest absolute Gasteiger partial charge is 0.156 e. The first-order valence-electron chi connectivity index (χ1n) is 7.14. The highest BCUT2D eigenvalue weighted by atomic mass is 15.3. The third-order valence-electron chi connectivity index (χ3n) is 3.77. The first kappa shape index (κ1) is 12.7. The fourth-order valence-corrected chi connectivity index (χ4v) is 2.71. The van der Waals surface area contributed by atoms with Crippen LogP contribution in [0, 0.1) is 0 Å². The van der Waals surface area contributed by atoms with Crippen LogP contribution in [-0.2, 0) is 6.54 Å². The molecule has 2 aromatic heterocycles. The standard InChI is InChI=1S/C16H16N6/c17-15-14-13(8-12(21-15)16-18-6-7-19-16)22(10-20-14)9-11-4-2-1-3-5-11/h1-8,20H,9-10H2,(H2,17,21)(H,18,19). The Hall–Kier alpha value is -3.02. The zero-order valence-electron chi connectivity index (χ0n) is 12.0. The second kappa shape index (κ2) is 5.07. The first-order valence-corrected chi connectivity index (χ1v) is 7.14. The van der Waals surface area contributed by atoms with Crippen LogP contribution in [0.3, 0.4) is 0 Å². The fourth-order valence-electron chi connectivity index (χ4n) is 2.71. The van der Waals surface area contributed by atoms with Gasteiger partial charge < -0.3 is 20.9 Å². The Kier molecular flexibility index (Phi) is 2.93. The van der Waals surface area contributed by atoms with Crippen LogP contribution in [0.1, 0.15) is 5.56 Å². The molecule has 0 amide bonds. The van der Waals surface area contributed by atoms with Gasteiger partial charge in [0.25, 0.3) is 0 Å². The molecule has 3 aromatic rings. The van der Waals surface area contributed by atoms with E-state index in [4.69, 9.17) is 5.73 Å². The number of hydrogen-bond acceptors (Lipinski definition) is 5. The summed E-state index contributed by atoms with van der Waals surface area (Å²) >= 11 is 0. The molecule has 0 saturated heterocycles. The van der Waals surface area contributed by atoms with E-state index in [1.54, 1.807) is 12.4 Å². The summed E-state index contributed by atoms with van der Waals surface area (Å²) in [5.41, 5.74) is 10.1. The van der Waals surface area contributed by atoms with Crippen molar-refractivity contribution >= 4 is 17.2 Å². The van der Waals surface area contributed by atoms with Crippen LogP contribution >= 0.6 is 0 Å². The molecule has 0 saturated carbocycles. The van der Waals surface area contributed by atoms with E-state index >= 15 is 0 Å². The van der Waals surface area contributed by atoms with Crippen molar-refractivity contribution in [3.63, 3.8) is 0 Å². The predicted octanol–water partition coefficient (Wildman–Crippen LogP) is 2.44. The molecule has 0 aliphatic carbocycles. The lowest BCUT2D eigenvalue weighted by Crippen LogP contribution is -2.21. The molecule has 0 fully saturated rings. The monoisotopic (exact) mass is 292 g/mol. The quantitative estimate of drug-likeness (QED) is 0.690. The molecule has 6 nitrogen and oxygen atoms in total. The Morgan fingerprint density at radius 1 is 1.23 bits per heavy atom. The van der Waals surface area contributed by atoms with Gasteiger partial charge in [0.15, 0.2) is 5.82 Å². The number of rotatable bonds is 3. The van der Waals surface area contributed by atoms with Crippen LogP contribution in [0.15, 0.2) is 48.8 Å². The molecule has 110 valence electrons. The Bertz CT molecular complexity index is 782. The largest absolute Gasteiger partial charge is 0.382 e. The number of nitrogens with one attached hydrogen (secondary N) is 2. The number of nitrogen functional groups attached to an aromatic ring is 1. The zero-order valence-corrected chi connectivity index (χ0v) is 12.0. The van der Waals surface area contributed by atoms with Crippen LogP contribution in [0.5, 0.6) is 0 Å². The number of anilines is 3. The highest BCUT2D eigenvalue weighted by molar-refractivity contribution is 5.86. The Morgan fingerprint density at radius 2 is 2.09 bits per heavy atom. The average Bonchev–Trinajstić information content (AvgIpc) is 3.19. The summed E-state index contributed by atoms with van der Waals surface area (Å²) in [7, 11) is 0. The maximum atomic E-state index is 6.09. The van der Waals surface area contributed by atoms with Crippen LogP contribution in [-0.4, -0.2) is 21.6 Å². The number of nitrogens with zero attached hydrogens (tertiary/aromatic N) is 3. The molecule has 3 heterocycles. The molecule has 0 spiro atoms. The number of aromatic amines is 1. The Morgan fingerprint density at radius 3 is 2.86 bits per heavy atom. The summed E-state index contributed by atoms with van der Waals surface area (Å²) in [4.78, 5) is 14.0. The van der Waals surface area contributed by atoms with E-state index in [9.17, 15) is 0 Å². The Labute approximate surface area is 128 Å². The average molecular weight is 292 g/mol. The van der Waals surface area contributed by atoms with E-state index in [-0.39, 0.29) is 0 Å². The molecule has 4 rings (SSSR count). The molecule has 0 radical (unpaired) electrons. The molecule has 0 unspecified atom stereocenters. The van der Waals surface area contributed by atoms with Crippen molar-refractivity contribution in [1.29, 1.82) is 0 Å². The number of fused-ring (bicyclic) bond motifs is 1. The van der Waals surface area contributed by atoms with Gasteiger partial charge in [-0.3, -0.25) is 0 Å². The lowest BCUT2D eigenvalue weighted by Gasteiger charge is -2.18. The van der Waals surface area contributed by atoms with Crippen molar-refractivity contribution in [2.75, 3.05) is 22.6 Å². The molecular weight excluding hydrogens is 276 g/mol. The molecule has 1 aromatic carbocycles. The normalized spacial score (nSPS) is 13.0. The van der Waals surface area contributed by atoms with Crippen LogP contribution in [0.25, 0.3) is 11.5 Å². The van der Waals surface area contributed by atoms with Crippen molar-refractivity contribution in [3.8, 4) is 11.5 Å². The molecule has 4 N–H and O–H groups in total. The molecule has 22 heavy (non-hydrogen) atoms. The van der Waals surface area contributed by atoms with Gasteiger partial charge in [-0.2, -0.15) is 0 Å². The highest BCUT2D eigenvalue weighted by Crippen LogP contribution is 2.38. The molecule has 0 atom stereocenters. The van der Waals surface area contributed by atoms with Gasteiger partial charge in [-0.05, 0) is 11.6 Å². The highest BCUT2D eigenvalue weighted by Gasteiger charge is 2.23. The number of H-pyrrole nitrogens is 1. The van der Waals surface area contributed by atoms with E-state index in [1.807, 2.05) is 12.1 Å². The van der Waals surface area contributed by atoms with Crippen molar-refractivity contribution in [2.24, 2.45) is 0 Å². The van der Waals surface area contributed by atoms with E-state index in [1.165, 1.54) is 5.56 Å². The van der Waals surface area contributed by atoms with Gasteiger partial charge in [0.2, 0.25) is 0 Å². The van der Waals surface area contributed by atoms with E-state index in [0.29, 0.717) is 5.82 Å². The number of aromatic nitrogens is 3. The topological polar surface area (TPSA) is 82.9 Å². The van der Waals surface area contributed by atoms with Gasteiger partial charge in [0.05, 0.1) is 12.4 Å². The van der Waals surface area contributed by atoms with Gasteiger partial charge in [-0.1, -0.05) is 30.3 Å². The second-order valence-electron chi connectivity index (χ2n) is 5.24. The lowest BCUT2D eigenvalue weighted by atomic mass is 10.2.